The Bertz CT molecular complexity index is 1070. The zero-order valence-electron chi connectivity index (χ0n) is 17.0. The van der Waals surface area contributed by atoms with Crippen LogP contribution in [-0.4, -0.2) is 48.4 Å². The van der Waals surface area contributed by atoms with Crippen LogP contribution in [0.3, 0.4) is 0 Å². The highest BCUT2D eigenvalue weighted by molar-refractivity contribution is 6.02. The molecule has 8 heteroatoms. The van der Waals surface area contributed by atoms with Crippen molar-refractivity contribution in [2.24, 2.45) is 0 Å². The molecule has 1 aliphatic rings. The first kappa shape index (κ1) is 20.6. The van der Waals surface area contributed by atoms with Crippen LogP contribution in [-0.2, 0) is 6.42 Å². The number of alkyl halides is 1. The number of ether oxygens (including phenoxy) is 1. The van der Waals surface area contributed by atoms with Gasteiger partial charge in [-0.1, -0.05) is 30.3 Å². The predicted octanol–water partition coefficient (Wildman–Crippen LogP) is 2.60. The molecule has 1 aliphatic heterocycles. The van der Waals surface area contributed by atoms with Crippen LogP contribution < -0.4 is 15.4 Å². The van der Waals surface area contributed by atoms with Crippen molar-refractivity contribution in [1.82, 2.24) is 20.8 Å². The van der Waals surface area contributed by atoms with Crippen molar-refractivity contribution < 1.29 is 18.7 Å². The fraction of sp³-hybridized carbons (Fsp3) is 0.261. The molecule has 3 aromatic rings. The first-order chi connectivity index (χ1) is 15.1. The van der Waals surface area contributed by atoms with E-state index in [-0.39, 0.29) is 11.5 Å². The largest absolute Gasteiger partial charge is 0.486 e. The van der Waals surface area contributed by atoms with Crippen LogP contribution in [0, 0.1) is 0 Å². The molecule has 0 fully saturated rings. The highest BCUT2D eigenvalue weighted by Crippen LogP contribution is 2.45. The van der Waals surface area contributed by atoms with E-state index in [9.17, 15) is 14.0 Å². The van der Waals surface area contributed by atoms with Crippen LogP contribution in [0.1, 0.15) is 43.3 Å². The summed E-state index contributed by atoms with van der Waals surface area (Å²) >= 11 is 0. The molecule has 2 aromatic carbocycles. The third kappa shape index (κ3) is 4.14. The maximum absolute atomic E-state index is 13.9. The lowest BCUT2D eigenvalue weighted by Crippen LogP contribution is -2.26. The van der Waals surface area contributed by atoms with Gasteiger partial charge in [-0.25, -0.2) is 4.39 Å². The number of nitrogens with one attached hydrogen (secondary N) is 3. The second-order valence-corrected chi connectivity index (χ2v) is 7.33. The molecule has 0 bridgehead atoms. The van der Waals surface area contributed by atoms with Crippen LogP contribution in [0.25, 0.3) is 0 Å². The molecule has 31 heavy (non-hydrogen) atoms. The third-order valence-corrected chi connectivity index (χ3v) is 5.39. The van der Waals surface area contributed by atoms with Crippen molar-refractivity contribution in [3.05, 3.63) is 82.7 Å². The van der Waals surface area contributed by atoms with E-state index in [4.69, 9.17) is 4.74 Å². The van der Waals surface area contributed by atoms with Crippen molar-refractivity contribution in [1.29, 1.82) is 0 Å². The number of aromatic nitrogens is 2. The van der Waals surface area contributed by atoms with Gasteiger partial charge in [-0.2, -0.15) is 5.10 Å². The number of halogens is 1. The lowest BCUT2D eigenvalue weighted by molar-refractivity contribution is 0.0954. The summed E-state index contributed by atoms with van der Waals surface area (Å²) in [4.78, 5) is 25.4. The molecule has 0 unspecified atom stereocenters. The Kier molecular flexibility index (Phi) is 5.97. The first-order valence-corrected chi connectivity index (χ1v) is 10.1. The summed E-state index contributed by atoms with van der Waals surface area (Å²) in [6.45, 7) is -0.301. The number of hydrogen-bond donors (Lipinski definition) is 3. The van der Waals surface area contributed by atoms with Gasteiger partial charge in [-0.3, -0.25) is 14.7 Å². The fourth-order valence-electron chi connectivity index (χ4n) is 3.88. The topological polar surface area (TPSA) is 96.1 Å². The highest BCUT2D eigenvalue weighted by Gasteiger charge is 2.39. The number of hydrogen-bond acceptors (Lipinski definition) is 4. The monoisotopic (exact) mass is 422 g/mol. The van der Waals surface area contributed by atoms with Gasteiger partial charge >= 0.3 is 0 Å². The number of carbonyl (C=O) groups excluding carboxylic acids is 2. The molecule has 0 spiro atoms. The quantitative estimate of drug-likeness (QED) is 0.545. The van der Waals surface area contributed by atoms with Gasteiger partial charge in [-0.05, 0) is 29.7 Å². The van der Waals surface area contributed by atoms with E-state index < -0.39 is 24.6 Å². The normalized spacial score (nSPS) is 17.0. The SMILES string of the molecule is CNC(=O)c1cc(C(=O)NCCc2cn[nH]c2)cc2c1O[C@@H](CF)[C@@H]2c1ccccc1. The minimum atomic E-state index is -0.764. The molecule has 160 valence electrons. The number of H-pyrrole nitrogens is 1. The second-order valence-electron chi connectivity index (χ2n) is 7.33. The number of carbonyl (C=O) groups is 2. The molecule has 2 atom stereocenters. The Hall–Kier alpha value is -3.68. The Morgan fingerprint density at radius 2 is 2.00 bits per heavy atom. The molecule has 0 saturated heterocycles. The van der Waals surface area contributed by atoms with E-state index in [1.165, 1.54) is 13.1 Å². The number of fused-ring (bicyclic) bond motifs is 1. The number of benzene rings is 2. The van der Waals surface area contributed by atoms with Gasteiger partial charge in [0.2, 0.25) is 0 Å². The maximum atomic E-state index is 13.9. The summed E-state index contributed by atoms with van der Waals surface area (Å²) in [6, 6.07) is 12.6. The lowest BCUT2D eigenvalue weighted by Gasteiger charge is -2.16. The first-order valence-electron chi connectivity index (χ1n) is 10.1. The summed E-state index contributed by atoms with van der Waals surface area (Å²) in [7, 11) is 1.50. The minimum absolute atomic E-state index is 0.219. The van der Waals surface area contributed by atoms with E-state index in [1.54, 1.807) is 18.5 Å². The molecule has 7 nitrogen and oxygen atoms in total. The fourth-order valence-corrected chi connectivity index (χ4v) is 3.88. The standard InChI is InChI=1S/C23H23FN4O3/c1-25-23(30)18-10-16(22(29)26-8-7-14-12-27-28-13-14)9-17-20(15-5-3-2-4-6-15)19(11-24)31-21(17)18/h2-6,9-10,12-13,19-20H,7-8,11H2,1H3,(H,25,30)(H,26,29)(H,27,28)/t19-,20+/m0/s1. The number of aromatic amines is 1. The molecule has 0 aliphatic carbocycles. The zero-order chi connectivity index (χ0) is 21.8. The minimum Gasteiger partial charge on any atom is -0.486 e. The Morgan fingerprint density at radius 3 is 2.68 bits per heavy atom. The van der Waals surface area contributed by atoms with Crippen LogP contribution >= 0.6 is 0 Å². The van der Waals surface area contributed by atoms with E-state index in [1.807, 2.05) is 30.3 Å². The number of amides is 2. The van der Waals surface area contributed by atoms with Crippen molar-refractivity contribution in [2.75, 3.05) is 20.3 Å². The molecular weight excluding hydrogens is 399 g/mol. The summed E-state index contributed by atoms with van der Waals surface area (Å²) < 4.78 is 19.7. The van der Waals surface area contributed by atoms with Crippen molar-refractivity contribution in [2.45, 2.75) is 18.4 Å². The van der Waals surface area contributed by atoms with Gasteiger partial charge in [0, 0.05) is 30.9 Å². The third-order valence-electron chi connectivity index (χ3n) is 5.39. The highest BCUT2D eigenvalue weighted by atomic mass is 19.1. The van der Waals surface area contributed by atoms with Crippen molar-refractivity contribution in [3.8, 4) is 5.75 Å². The second kappa shape index (κ2) is 8.99. The number of nitrogens with zero attached hydrogens (tertiary/aromatic N) is 1. The van der Waals surface area contributed by atoms with Crippen molar-refractivity contribution >= 4 is 11.8 Å². The lowest BCUT2D eigenvalue weighted by atomic mass is 9.86. The van der Waals surface area contributed by atoms with Crippen LogP contribution in [0.2, 0.25) is 0 Å². The van der Waals surface area contributed by atoms with Crippen LogP contribution in [0.4, 0.5) is 4.39 Å². The average Bonchev–Trinajstić information content (AvgIpc) is 3.45. The van der Waals surface area contributed by atoms with Gasteiger partial charge in [0.25, 0.3) is 11.8 Å². The van der Waals surface area contributed by atoms with E-state index in [0.717, 1.165) is 11.1 Å². The summed E-state index contributed by atoms with van der Waals surface area (Å²) in [5.41, 5.74) is 3.02. The molecule has 1 aromatic heterocycles. The van der Waals surface area contributed by atoms with E-state index >= 15 is 0 Å². The smallest absolute Gasteiger partial charge is 0.254 e. The van der Waals surface area contributed by atoms with Gasteiger partial charge in [-0.15, -0.1) is 0 Å². The van der Waals surface area contributed by atoms with Gasteiger partial charge < -0.3 is 15.4 Å². The summed E-state index contributed by atoms with van der Waals surface area (Å²) in [6.07, 6.45) is 3.32. The van der Waals surface area contributed by atoms with E-state index in [0.29, 0.717) is 29.8 Å². The van der Waals surface area contributed by atoms with E-state index in [2.05, 4.69) is 20.8 Å². The Labute approximate surface area is 179 Å². The molecule has 3 N–H and O–H groups in total. The summed E-state index contributed by atoms with van der Waals surface area (Å²) in [5.74, 6) is -0.795. The van der Waals surface area contributed by atoms with Gasteiger partial charge in [0.15, 0.2) is 0 Å². The maximum Gasteiger partial charge on any atom is 0.254 e. The zero-order valence-corrected chi connectivity index (χ0v) is 17.0. The van der Waals surface area contributed by atoms with Crippen molar-refractivity contribution in [3.63, 3.8) is 0 Å². The predicted molar refractivity (Wildman–Crippen MR) is 113 cm³/mol. The number of rotatable bonds is 7. The molecule has 2 amide bonds. The Balaban J connectivity index is 1.68. The summed E-state index contributed by atoms with van der Waals surface area (Å²) in [5, 5.41) is 12.1. The molecule has 0 saturated carbocycles. The molecule has 0 radical (unpaired) electrons. The molecule has 2 heterocycles. The molecular formula is C23H23FN4O3. The Morgan fingerprint density at radius 1 is 1.19 bits per heavy atom. The average molecular weight is 422 g/mol. The van der Waals surface area contributed by atoms with Crippen LogP contribution in [0.5, 0.6) is 5.75 Å². The van der Waals surface area contributed by atoms with Gasteiger partial charge in [0.05, 0.1) is 17.7 Å². The van der Waals surface area contributed by atoms with Crippen LogP contribution in [0.15, 0.2) is 54.9 Å². The van der Waals surface area contributed by atoms with Gasteiger partial charge in [0.1, 0.15) is 18.5 Å². The molecule has 4 rings (SSSR count).